The normalized spacial score (nSPS) is 21.3. The number of para-hydroxylation sites is 2. The number of amides is 4. The van der Waals surface area contributed by atoms with Crippen molar-refractivity contribution in [2.24, 2.45) is 11.8 Å². The Hall–Kier alpha value is -9.50. The van der Waals surface area contributed by atoms with Gasteiger partial charge in [0.25, 0.3) is 11.8 Å². The van der Waals surface area contributed by atoms with Gasteiger partial charge >= 0.3 is 66.9 Å². The monoisotopic (exact) mass is 1660 g/mol. The summed E-state index contributed by atoms with van der Waals surface area (Å²) in [5.74, 6) is 0.0181. The van der Waals surface area contributed by atoms with Crippen LogP contribution in [0.25, 0.3) is 89.9 Å². The number of benzene rings is 6. The molecule has 8 aliphatic rings. The van der Waals surface area contributed by atoms with Crippen molar-refractivity contribution in [3.8, 4) is 79.6 Å². The van der Waals surface area contributed by atoms with Gasteiger partial charge in [0.2, 0.25) is 43.1 Å². The second-order valence-electron chi connectivity index (χ2n) is 31.1. The Balaban J connectivity index is 0.000000179. The summed E-state index contributed by atoms with van der Waals surface area (Å²) in [4.78, 5) is 119. The Morgan fingerprint density at radius 3 is 1.34 bits per heavy atom. The van der Waals surface area contributed by atoms with E-state index in [4.69, 9.17) is 42.1 Å². The Bertz CT molecular complexity index is 5870. The number of fused-ring (bicyclic) bond motifs is 14. The molecule has 31 nitrogen and oxygen atoms in total. The van der Waals surface area contributed by atoms with Gasteiger partial charge in [-0.15, -0.1) is 0 Å². The molecule has 118 heavy (non-hydrogen) atoms. The van der Waals surface area contributed by atoms with Crippen LogP contribution in [0.3, 0.4) is 0 Å². The Morgan fingerprint density at radius 1 is 0.559 bits per heavy atom. The van der Waals surface area contributed by atoms with E-state index >= 15 is 0 Å². The number of carbonyl (C=O) groups is 4. The average Bonchev–Trinajstić information content (AvgIpc) is 1.52. The molecule has 20 rings (SSSR count). The minimum atomic E-state index is -5.07. The van der Waals surface area contributed by atoms with Crippen molar-refractivity contribution in [2.45, 2.75) is 160 Å². The van der Waals surface area contributed by atoms with Crippen LogP contribution < -0.4 is 105 Å². The molecule has 8 aliphatic heterocycles. The second-order valence-corrected chi connectivity index (χ2v) is 34.0. The number of hydrogen-bond acceptors (Lipinski definition) is 22. The van der Waals surface area contributed by atoms with Gasteiger partial charge in [0.15, 0.2) is 46.9 Å². The van der Waals surface area contributed by atoms with Gasteiger partial charge in [-0.1, -0.05) is 148 Å². The number of hydrogen-bond donors (Lipinski definition) is 11. The summed E-state index contributed by atoms with van der Waals surface area (Å²) in [5.41, 5.74) is 4.76. The Labute approximate surface area is 719 Å². The van der Waals surface area contributed by atoms with E-state index in [-0.39, 0.29) is 174 Å². The number of aliphatic hydroxyl groups is 2. The first-order valence-corrected chi connectivity index (χ1v) is 41.1. The molecule has 2 spiro atoms. The van der Waals surface area contributed by atoms with Crippen molar-refractivity contribution in [1.29, 1.82) is 0 Å². The standard InChI is InChI=1S/2C41H39N6O9P.CH4.2Na.H2O/c2*1-5-40(50,6-2)38(49)43-26-16-20-13-14-28-25(15-20)41-24-11-7-10-22(32(24)46-39(41)55-28)21-9-8-12-27-30(21)23(18-47(27)57(51,52)53)29-17-42-36(54-29)33-34(41)56-37(45-33)31(19(3)4)44-35(26)48;;;;/h2*7-15,17-19,26,31,39,46,50H,5-6,16H2,1-4H3,(H,43,49)(H,44,48)(H2,51,52,53);1H4;;;1H2/q;;;2*+1;/p-2/t2*26-,31-,39?,41-;;;;/m00..../s1. The van der Waals surface area contributed by atoms with Crippen LogP contribution in [0.4, 0.5) is 11.4 Å². The van der Waals surface area contributed by atoms with E-state index in [2.05, 4.69) is 36.9 Å². The van der Waals surface area contributed by atoms with Crippen LogP contribution in [0.1, 0.15) is 157 Å². The molecular weight excluding hydrogens is 1580 g/mol. The minimum absolute atomic E-state index is 0. The summed E-state index contributed by atoms with van der Waals surface area (Å²) in [6.07, 6.45) is 4.98. The van der Waals surface area contributed by atoms with Crippen LogP contribution in [-0.4, -0.2) is 118 Å². The van der Waals surface area contributed by atoms with Crippen LogP contribution in [0.2, 0.25) is 0 Å². The third-order valence-corrected chi connectivity index (χ3v) is 26.0. The van der Waals surface area contributed by atoms with Crippen molar-refractivity contribution < 1.29 is 150 Å². The maximum Gasteiger partial charge on any atom is 1.00 e. The summed E-state index contributed by atoms with van der Waals surface area (Å²) >= 11 is 0. The average molecular weight is 1660 g/mol. The number of nitrogens with zero attached hydrogens (tertiary/aromatic N) is 6. The van der Waals surface area contributed by atoms with Crippen LogP contribution in [0.5, 0.6) is 11.5 Å². The topological polar surface area (TPSA) is 461 Å². The van der Waals surface area contributed by atoms with Gasteiger partial charge in [0.05, 0.1) is 23.4 Å². The smallest absolute Gasteiger partial charge is 0.870 e. The number of oxazole rings is 4. The van der Waals surface area contributed by atoms with Gasteiger partial charge in [-0.3, -0.25) is 32.4 Å². The predicted molar refractivity (Wildman–Crippen MR) is 421 cm³/mol. The summed E-state index contributed by atoms with van der Waals surface area (Å²) in [7, 11) is -9.89. The first-order chi connectivity index (χ1) is 54.5. The van der Waals surface area contributed by atoms with Crippen LogP contribution in [0.15, 0.2) is 152 Å². The molecule has 14 heterocycles. The second kappa shape index (κ2) is 29.7. The molecule has 4 amide bonds. The van der Waals surface area contributed by atoms with E-state index in [9.17, 15) is 58.1 Å². The third kappa shape index (κ3) is 12.3. The summed E-state index contributed by atoms with van der Waals surface area (Å²) in [6, 6.07) is 29.8. The van der Waals surface area contributed by atoms with Gasteiger partial charge in [-0.05, 0) is 84.0 Å². The van der Waals surface area contributed by atoms with E-state index < -0.39 is 97.8 Å². The van der Waals surface area contributed by atoms with Crippen molar-refractivity contribution in [3.05, 3.63) is 191 Å². The predicted octanol–water partition coefficient (Wildman–Crippen LogP) is 5.35. The Kier molecular flexibility index (Phi) is 21.1. The van der Waals surface area contributed by atoms with E-state index in [0.29, 0.717) is 78.4 Å². The number of anilines is 2. The van der Waals surface area contributed by atoms with Crippen molar-refractivity contribution in [2.75, 3.05) is 10.6 Å². The van der Waals surface area contributed by atoms with Gasteiger partial charge in [0, 0.05) is 91.9 Å². The van der Waals surface area contributed by atoms with Crippen LogP contribution >= 0.6 is 15.5 Å². The molecule has 0 fully saturated rings. The maximum absolute atomic E-state index is 14.3. The number of rotatable bonds is 12. The molecule has 12 aromatic rings. The Morgan fingerprint density at radius 2 is 0.949 bits per heavy atom. The zero-order valence-electron chi connectivity index (χ0n) is 65.1. The molecule has 600 valence electrons. The molecule has 3 unspecified atom stereocenters. The quantitative estimate of drug-likeness (QED) is 0.0542. The van der Waals surface area contributed by atoms with E-state index in [1.54, 1.807) is 52.0 Å². The summed E-state index contributed by atoms with van der Waals surface area (Å²) in [6.45, 7) is 14.5. The third-order valence-electron chi connectivity index (χ3n) is 24.2. The first-order valence-electron chi connectivity index (χ1n) is 38.0. The van der Waals surface area contributed by atoms with E-state index in [0.717, 1.165) is 47.7 Å². The summed E-state index contributed by atoms with van der Waals surface area (Å²) in [5, 5.41) is 42.5. The van der Waals surface area contributed by atoms with E-state index in [1.807, 2.05) is 113 Å². The van der Waals surface area contributed by atoms with Crippen LogP contribution in [0, 0.1) is 11.8 Å². The molecule has 6 aromatic heterocycles. The maximum atomic E-state index is 14.3. The fraction of sp³-hybridized carbons (Fsp3) is 0.325. The molecule has 0 saturated carbocycles. The zero-order chi connectivity index (χ0) is 79.5. The molecule has 0 aliphatic carbocycles. The molecule has 20 bridgehead atoms. The molecule has 12 N–H and O–H groups in total. The number of nitrogens with one attached hydrogen (secondary N) is 6. The molecular formula is C83H82N12Na2O19P2. The van der Waals surface area contributed by atoms with Gasteiger partial charge in [-0.2, -0.15) is 0 Å². The number of aromatic nitrogens is 6. The minimum Gasteiger partial charge on any atom is -0.870 e. The molecule has 6 aromatic carbocycles. The fourth-order valence-electron chi connectivity index (χ4n) is 18.0. The first kappa shape index (κ1) is 83.6. The number of carbonyl (C=O) groups excluding carboxylic acids is 4. The molecule has 35 heteroatoms. The zero-order valence-corrected chi connectivity index (χ0v) is 70.9. The van der Waals surface area contributed by atoms with E-state index in [1.165, 1.54) is 24.8 Å². The SMILES string of the molecule is C.CCC(O)(CC)C(=O)N[C@H]1Cc2ccc3c(c2)[C@]24c5cccc(c5NC2O3)-c2cccc3c2c(cn3P(=O)(O)O)-c2cnc(o2)-c2nc(oc24)[C@H](C(C)C)NC1=O.CCC(O)(CC)C(=O)N[C@H]1Cc2ccc3c(c2)[C@]24c5cccc(c5NC2O3)-c2cccc3c2c(cn3P(=O)([O-])O)-c2cnc(o2)-c2nc(oc24)[C@H](C(C)C)NC1=O.[Na+].[Na+].[OH-]. The van der Waals surface area contributed by atoms with Crippen molar-refractivity contribution in [3.63, 3.8) is 0 Å². The largest absolute Gasteiger partial charge is 1.00 e. The van der Waals surface area contributed by atoms with Crippen LogP contribution in [-0.2, 0) is 52.0 Å². The van der Waals surface area contributed by atoms with Gasteiger partial charge in [0.1, 0.15) is 57.7 Å². The van der Waals surface area contributed by atoms with Gasteiger partial charge in [-0.25, -0.2) is 24.5 Å². The summed E-state index contributed by atoms with van der Waals surface area (Å²) < 4.78 is 68.0. The van der Waals surface area contributed by atoms with Crippen molar-refractivity contribution >= 4 is 72.3 Å². The fourth-order valence-corrected chi connectivity index (χ4v) is 19.4. The molecule has 9 atom stereocenters. The molecule has 0 radical (unpaired) electrons. The molecule has 0 saturated heterocycles. The van der Waals surface area contributed by atoms with Gasteiger partial charge < -0.3 is 94.3 Å². The number of ether oxygens (including phenoxy) is 2. The van der Waals surface area contributed by atoms with Crippen molar-refractivity contribution in [1.82, 2.24) is 49.9 Å².